The third-order valence-electron chi connectivity index (χ3n) is 2.62. The van der Waals surface area contributed by atoms with E-state index in [0.717, 1.165) is 0 Å². The Balaban J connectivity index is -0.000000352. The van der Waals surface area contributed by atoms with Crippen LogP contribution in [0, 0.1) is 11.8 Å². The van der Waals surface area contributed by atoms with Crippen molar-refractivity contribution in [2.24, 2.45) is 11.8 Å². The van der Waals surface area contributed by atoms with Gasteiger partial charge in [-0.05, 0) is 0 Å². The second-order valence-corrected chi connectivity index (χ2v) is 9.75. The van der Waals surface area contributed by atoms with Gasteiger partial charge in [-0.15, -0.1) is 0 Å². The second-order valence-electron chi connectivity index (χ2n) is 8.85. The van der Waals surface area contributed by atoms with E-state index in [4.69, 9.17) is 6.64 Å². The molecule has 0 rings (SSSR count). The van der Waals surface area contributed by atoms with Gasteiger partial charge >= 0.3 is 79.3 Å². The molecule has 29 heavy (non-hydrogen) atoms. The topological polar surface area (TPSA) is 133 Å². The molecular formula is C20H36O8Ti. The van der Waals surface area contributed by atoms with Crippen molar-refractivity contribution >= 4 is 23.5 Å². The SMILES string of the molecule is CC(C)(C)[O][Ti+2][O]C(C)(C)C.CC(C)C(=O)CC(=O)[O-].CC(C)C(=O)CC(=O)[O-]. The molecule has 9 heteroatoms. The van der Waals surface area contributed by atoms with Crippen molar-refractivity contribution in [3.63, 3.8) is 0 Å². The zero-order chi connectivity index (χ0) is 24.0. The fraction of sp³-hybridized carbons (Fsp3) is 0.800. The molecule has 0 heterocycles. The second kappa shape index (κ2) is 15.7. The van der Waals surface area contributed by atoms with E-state index in [9.17, 15) is 29.4 Å². The minimum absolute atomic E-state index is 0.0503. The summed E-state index contributed by atoms with van der Waals surface area (Å²) in [7, 11) is 0. The molecule has 0 bridgehead atoms. The van der Waals surface area contributed by atoms with E-state index in [1.165, 1.54) is 0 Å². The van der Waals surface area contributed by atoms with Crippen LogP contribution in [0.15, 0.2) is 0 Å². The van der Waals surface area contributed by atoms with Crippen LogP contribution < -0.4 is 10.2 Å². The quantitative estimate of drug-likeness (QED) is 0.397. The van der Waals surface area contributed by atoms with E-state index in [1.807, 2.05) is 41.5 Å². The minimum Gasteiger partial charge on any atom is -0.550 e. The van der Waals surface area contributed by atoms with Crippen LogP contribution in [0.5, 0.6) is 0 Å². The van der Waals surface area contributed by atoms with Crippen LogP contribution in [0.1, 0.15) is 82.1 Å². The number of carboxylic acids is 2. The van der Waals surface area contributed by atoms with Crippen molar-refractivity contribution in [2.45, 2.75) is 93.3 Å². The van der Waals surface area contributed by atoms with Gasteiger partial charge in [0.05, 0.1) is 0 Å². The van der Waals surface area contributed by atoms with E-state index in [-0.39, 0.29) is 34.6 Å². The number of Topliss-reactive ketones (excluding diaryl/α,β-unsaturated/α-hetero) is 2. The maximum absolute atomic E-state index is 10.5. The van der Waals surface area contributed by atoms with E-state index in [2.05, 4.69) is 0 Å². The first-order valence-electron chi connectivity index (χ1n) is 9.34. The first kappa shape index (κ1) is 32.6. The molecule has 168 valence electrons. The largest absolute Gasteiger partial charge is 0.550 e. The third kappa shape index (κ3) is 31.8. The minimum atomic E-state index is -1.30. The Kier molecular flexibility index (Phi) is 17.7. The predicted molar refractivity (Wildman–Crippen MR) is 101 cm³/mol. The summed E-state index contributed by atoms with van der Waals surface area (Å²) in [5.41, 5.74) is -0.101. The van der Waals surface area contributed by atoms with Crippen molar-refractivity contribution in [3.8, 4) is 0 Å². The Labute approximate surface area is 184 Å². The fourth-order valence-corrected chi connectivity index (χ4v) is 1.81. The molecule has 0 amide bonds. The van der Waals surface area contributed by atoms with Crippen LogP contribution in [0.25, 0.3) is 0 Å². The molecule has 0 saturated heterocycles. The molecule has 0 aromatic heterocycles. The fourth-order valence-electron chi connectivity index (χ4n) is 0.964. The first-order valence-corrected chi connectivity index (χ1v) is 10.6. The summed E-state index contributed by atoms with van der Waals surface area (Å²) >= 11 is -0.681. The van der Waals surface area contributed by atoms with Gasteiger partial charge < -0.3 is 19.8 Å². The average Bonchev–Trinajstić information content (AvgIpc) is 2.44. The normalized spacial score (nSPS) is 10.9. The Morgan fingerprint density at radius 1 is 0.690 bits per heavy atom. The summed E-state index contributed by atoms with van der Waals surface area (Å²) in [6.45, 7) is 18.9. The molecule has 0 spiro atoms. The summed E-state index contributed by atoms with van der Waals surface area (Å²) in [4.78, 5) is 40.6. The number of ketones is 2. The molecule has 0 unspecified atom stereocenters. The molecule has 0 aromatic rings. The third-order valence-corrected chi connectivity index (χ3v) is 4.79. The Hall–Kier alpha value is -1.09. The predicted octanol–water partition coefficient (Wildman–Crippen LogP) is 1.23. The van der Waals surface area contributed by atoms with Crippen LogP contribution in [0.2, 0.25) is 0 Å². The van der Waals surface area contributed by atoms with Crippen LogP contribution in [0.4, 0.5) is 0 Å². The van der Waals surface area contributed by atoms with Crippen molar-refractivity contribution in [3.05, 3.63) is 0 Å². The van der Waals surface area contributed by atoms with Crippen LogP contribution in [-0.2, 0) is 45.7 Å². The number of hydrogen-bond acceptors (Lipinski definition) is 8. The number of rotatable bonds is 8. The van der Waals surface area contributed by atoms with Crippen LogP contribution in [0.3, 0.4) is 0 Å². The van der Waals surface area contributed by atoms with Gasteiger partial charge in [-0.25, -0.2) is 0 Å². The molecule has 0 radical (unpaired) electrons. The molecule has 0 atom stereocenters. The van der Waals surface area contributed by atoms with Gasteiger partial charge in [-0.3, -0.25) is 9.59 Å². The summed E-state index contributed by atoms with van der Waals surface area (Å²) in [6, 6.07) is 0. The number of hydrogen-bond donors (Lipinski definition) is 0. The van der Waals surface area contributed by atoms with Crippen molar-refractivity contribution in [1.29, 1.82) is 0 Å². The van der Waals surface area contributed by atoms with Gasteiger partial charge in [0.15, 0.2) is 0 Å². The van der Waals surface area contributed by atoms with Crippen molar-refractivity contribution in [2.75, 3.05) is 0 Å². The van der Waals surface area contributed by atoms with Gasteiger partial charge in [0, 0.05) is 36.6 Å². The van der Waals surface area contributed by atoms with Crippen LogP contribution >= 0.6 is 0 Å². The molecule has 0 fully saturated rings. The van der Waals surface area contributed by atoms with Crippen LogP contribution in [-0.4, -0.2) is 34.7 Å². The van der Waals surface area contributed by atoms with E-state index >= 15 is 0 Å². The maximum atomic E-state index is 10.5. The van der Waals surface area contributed by atoms with E-state index < -0.39 is 44.7 Å². The number of carbonyl (C=O) groups excluding carboxylic acids is 4. The molecule has 0 aliphatic rings. The van der Waals surface area contributed by atoms with Gasteiger partial charge in [0.25, 0.3) is 0 Å². The summed E-state index contributed by atoms with van der Waals surface area (Å²) in [5, 5.41) is 19.6. The van der Waals surface area contributed by atoms with Gasteiger partial charge in [0.2, 0.25) is 0 Å². The van der Waals surface area contributed by atoms with E-state index in [0.29, 0.717) is 0 Å². The number of carbonyl (C=O) groups is 4. The van der Waals surface area contributed by atoms with Gasteiger partial charge in [0.1, 0.15) is 11.6 Å². The first-order chi connectivity index (χ1) is 12.8. The molecule has 0 aromatic carbocycles. The summed E-state index contributed by atoms with van der Waals surface area (Å²) < 4.78 is 11.0. The Morgan fingerprint density at radius 3 is 1.03 bits per heavy atom. The molecular weight excluding hydrogens is 416 g/mol. The number of aliphatic carboxylic acids is 2. The zero-order valence-corrected chi connectivity index (χ0v) is 20.9. The zero-order valence-electron chi connectivity index (χ0n) is 19.3. The Bertz CT molecular complexity index is 468. The van der Waals surface area contributed by atoms with Gasteiger partial charge in [-0.2, -0.15) is 0 Å². The standard InChI is InChI=1S/2C6H10O3.2C4H9O.Ti/c2*1-4(2)5(7)3-6(8)9;2*1-4(2,3)5;/h2*4H,3H2,1-2H3,(H,8,9);2*1-3H3;/q;;2*-1;+4/p-2. The number of carboxylic acid groups (broad SMARTS) is 2. The van der Waals surface area contributed by atoms with Crippen molar-refractivity contribution < 1.29 is 56.0 Å². The molecule has 0 aliphatic carbocycles. The van der Waals surface area contributed by atoms with Crippen molar-refractivity contribution in [1.82, 2.24) is 0 Å². The summed E-state index contributed by atoms with van der Waals surface area (Å²) in [6.07, 6.45) is -0.921. The molecule has 0 aliphatic heterocycles. The van der Waals surface area contributed by atoms with E-state index in [1.54, 1.807) is 27.7 Å². The molecule has 8 nitrogen and oxygen atoms in total. The van der Waals surface area contributed by atoms with Gasteiger partial charge in [-0.1, -0.05) is 27.7 Å². The smallest absolute Gasteiger partial charge is 0.141 e. The monoisotopic (exact) mass is 452 g/mol. The summed E-state index contributed by atoms with van der Waals surface area (Å²) in [5.74, 6) is -3.57. The Morgan fingerprint density at radius 2 is 0.931 bits per heavy atom. The maximum Gasteiger partial charge on any atom is 0.141 e. The molecule has 0 saturated carbocycles. The average molecular weight is 452 g/mol. The molecule has 0 N–H and O–H groups in total.